The number of hydrogen-bond donors (Lipinski definition) is 2. The van der Waals surface area contributed by atoms with E-state index in [0.717, 1.165) is 11.1 Å². The van der Waals surface area contributed by atoms with Crippen molar-refractivity contribution in [3.05, 3.63) is 59.7 Å². The minimum absolute atomic E-state index is 0.121. The van der Waals surface area contributed by atoms with E-state index in [1.54, 1.807) is 12.1 Å². The summed E-state index contributed by atoms with van der Waals surface area (Å²) in [7, 11) is 0. The van der Waals surface area contributed by atoms with Crippen LogP contribution in [-0.4, -0.2) is 5.11 Å². The Kier molecular flexibility index (Phi) is 2.92. The molecule has 0 saturated carbocycles. The molecule has 2 rings (SSSR count). The molecule has 3 N–H and O–H groups in total. The standard InChI is InChI=1S/C14H13NO/c15-13-9-8-12(10-14(13)16)7-6-11-4-2-1-3-5-11/h1-10,16H,15H2. The molecule has 0 amide bonds. The molecule has 2 aromatic rings. The Bertz CT molecular complexity index is 503. The summed E-state index contributed by atoms with van der Waals surface area (Å²) >= 11 is 0. The van der Waals surface area contributed by atoms with Crippen LogP contribution in [0.5, 0.6) is 5.75 Å². The lowest BCUT2D eigenvalue weighted by molar-refractivity contribution is 0.478. The molecule has 0 saturated heterocycles. The maximum atomic E-state index is 9.44. The van der Waals surface area contributed by atoms with Crippen molar-refractivity contribution in [2.75, 3.05) is 5.73 Å². The summed E-state index contributed by atoms with van der Waals surface area (Å²) in [5, 5.41) is 9.44. The van der Waals surface area contributed by atoms with Crippen molar-refractivity contribution in [3.8, 4) is 5.75 Å². The summed E-state index contributed by atoms with van der Waals surface area (Å²) in [6, 6.07) is 15.2. The SMILES string of the molecule is Nc1ccc(C=Cc2ccccc2)cc1O. The van der Waals surface area contributed by atoms with Gasteiger partial charge in [-0.25, -0.2) is 0 Å². The van der Waals surface area contributed by atoms with Crippen LogP contribution in [0.15, 0.2) is 48.5 Å². The van der Waals surface area contributed by atoms with E-state index >= 15 is 0 Å². The Morgan fingerprint density at radius 2 is 1.56 bits per heavy atom. The van der Waals surface area contributed by atoms with Gasteiger partial charge in [-0.3, -0.25) is 0 Å². The van der Waals surface area contributed by atoms with Gasteiger partial charge in [0.25, 0.3) is 0 Å². The summed E-state index contributed by atoms with van der Waals surface area (Å²) in [4.78, 5) is 0. The molecule has 16 heavy (non-hydrogen) atoms. The molecule has 0 aliphatic carbocycles. The van der Waals surface area contributed by atoms with Crippen molar-refractivity contribution < 1.29 is 5.11 Å². The van der Waals surface area contributed by atoms with E-state index in [4.69, 9.17) is 5.73 Å². The number of hydrogen-bond acceptors (Lipinski definition) is 2. The third-order valence-corrected chi connectivity index (χ3v) is 2.32. The van der Waals surface area contributed by atoms with Gasteiger partial charge in [-0.05, 0) is 23.3 Å². The number of rotatable bonds is 2. The van der Waals surface area contributed by atoms with Gasteiger partial charge in [-0.2, -0.15) is 0 Å². The average Bonchev–Trinajstić information content (AvgIpc) is 2.32. The second-order valence-electron chi connectivity index (χ2n) is 3.56. The molecular weight excluding hydrogens is 198 g/mol. The van der Waals surface area contributed by atoms with Crippen LogP contribution < -0.4 is 5.73 Å². The molecule has 2 nitrogen and oxygen atoms in total. The van der Waals surface area contributed by atoms with Gasteiger partial charge in [-0.15, -0.1) is 0 Å². The first-order chi connectivity index (χ1) is 7.75. The quantitative estimate of drug-likeness (QED) is 0.455. The molecule has 2 heteroatoms. The molecule has 0 aromatic heterocycles. The summed E-state index contributed by atoms with van der Waals surface area (Å²) in [6.45, 7) is 0. The van der Waals surface area contributed by atoms with Crippen LogP contribution in [0.2, 0.25) is 0 Å². The second-order valence-corrected chi connectivity index (χ2v) is 3.56. The first-order valence-electron chi connectivity index (χ1n) is 5.07. The fourth-order valence-corrected chi connectivity index (χ4v) is 1.42. The summed E-state index contributed by atoms with van der Waals surface area (Å²) in [5.41, 5.74) is 7.97. The molecular formula is C14H13NO. The average molecular weight is 211 g/mol. The Morgan fingerprint density at radius 3 is 2.25 bits per heavy atom. The number of anilines is 1. The predicted octanol–water partition coefficient (Wildman–Crippen LogP) is 3.14. The van der Waals surface area contributed by atoms with E-state index in [9.17, 15) is 5.11 Å². The van der Waals surface area contributed by atoms with Gasteiger partial charge in [0, 0.05) is 0 Å². The first-order valence-corrected chi connectivity index (χ1v) is 5.07. The topological polar surface area (TPSA) is 46.2 Å². The third-order valence-electron chi connectivity index (χ3n) is 2.32. The lowest BCUT2D eigenvalue weighted by Gasteiger charge is -1.99. The van der Waals surface area contributed by atoms with Gasteiger partial charge in [0.05, 0.1) is 5.69 Å². The van der Waals surface area contributed by atoms with Crippen LogP contribution in [0.4, 0.5) is 5.69 Å². The second kappa shape index (κ2) is 4.53. The number of nitrogens with two attached hydrogens (primary N) is 1. The lowest BCUT2D eigenvalue weighted by atomic mass is 10.1. The fourth-order valence-electron chi connectivity index (χ4n) is 1.42. The van der Waals surface area contributed by atoms with E-state index in [-0.39, 0.29) is 5.75 Å². The Labute approximate surface area is 94.7 Å². The Balaban J connectivity index is 2.21. The minimum Gasteiger partial charge on any atom is -0.506 e. The van der Waals surface area contributed by atoms with Gasteiger partial charge in [0.15, 0.2) is 0 Å². The largest absolute Gasteiger partial charge is 0.506 e. The van der Waals surface area contributed by atoms with Crippen LogP contribution in [-0.2, 0) is 0 Å². The van der Waals surface area contributed by atoms with E-state index in [2.05, 4.69) is 0 Å². The molecule has 0 atom stereocenters. The van der Waals surface area contributed by atoms with E-state index in [1.165, 1.54) is 0 Å². The van der Waals surface area contributed by atoms with Gasteiger partial charge in [0.1, 0.15) is 5.75 Å². The summed E-state index contributed by atoms with van der Waals surface area (Å²) in [6.07, 6.45) is 3.93. The van der Waals surface area contributed by atoms with Crippen molar-refractivity contribution in [1.82, 2.24) is 0 Å². The van der Waals surface area contributed by atoms with Crippen molar-refractivity contribution in [2.45, 2.75) is 0 Å². The summed E-state index contributed by atoms with van der Waals surface area (Å²) in [5.74, 6) is 0.121. The smallest absolute Gasteiger partial charge is 0.139 e. The molecule has 0 aliphatic rings. The molecule has 0 radical (unpaired) electrons. The van der Waals surface area contributed by atoms with Crippen LogP contribution in [0.3, 0.4) is 0 Å². The van der Waals surface area contributed by atoms with Gasteiger partial charge >= 0.3 is 0 Å². The number of phenols is 1. The first kappa shape index (κ1) is 10.3. The van der Waals surface area contributed by atoms with Crippen LogP contribution in [0.25, 0.3) is 12.2 Å². The Morgan fingerprint density at radius 1 is 0.875 bits per heavy atom. The van der Waals surface area contributed by atoms with E-state index in [0.29, 0.717) is 5.69 Å². The van der Waals surface area contributed by atoms with Gasteiger partial charge in [-0.1, -0.05) is 48.6 Å². The van der Waals surface area contributed by atoms with Crippen LogP contribution in [0.1, 0.15) is 11.1 Å². The third kappa shape index (κ3) is 2.42. The zero-order valence-corrected chi connectivity index (χ0v) is 8.80. The number of phenolic OH excluding ortho intramolecular Hbond substituents is 1. The van der Waals surface area contributed by atoms with Crippen molar-refractivity contribution in [3.63, 3.8) is 0 Å². The predicted molar refractivity (Wildman–Crippen MR) is 67.9 cm³/mol. The highest BCUT2D eigenvalue weighted by atomic mass is 16.3. The normalized spacial score (nSPS) is 10.8. The highest BCUT2D eigenvalue weighted by Gasteiger charge is 1.95. The van der Waals surface area contributed by atoms with Gasteiger partial charge < -0.3 is 10.8 Å². The maximum Gasteiger partial charge on any atom is 0.139 e. The minimum atomic E-state index is 0.121. The highest BCUT2D eigenvalue weighted by Crippen LogP contribution is 2.21. The number of aromatic hydroxyl groups is 1. The van der Waals surface area contributed by atoms with E-state index < -0.39 is 0 Å². The van der Waals surface area contributed by atoms with E-state index in [1.807, 2.05) is 48.6 Å². The zero-order chi connectivity index (χ0) is 11.4. The molecule has 0 heterocycles. The van der Waals surface area contributed by atoms with Crippen molar-refractivity contribution in [2.24, 2.45) is 0 Å². The van der Waals surface area contributed by atoms with Crippen LogP contribution in [0, 0.1) is 0 Å². The molecule has 2 aromatic carbocycles. The molecule has 0 spiro atoms. The fraction of sp³-hybridized carbons (Fsp3) is 0. The number of benzene rings is 2. The van der Waals surface area contributed by atoms with Gasteiger partial charge in [0.2, 0.25) is 0 Å². The molecule has 0 fully saturated rings. The Hall–Kier alpha value is -2.22. The summed E-state index contributed by atoms with van der Waals surface area (Å²) < 4.78 is 0. The lowest BCUT2D eigenvalue weighted by Crippen LogP contribution is -1.84. The molecule has 0 bridgehead atoms. The molecule has 0 aliphatic heterocycles. The monoisotopic (exact) mass is 211 g/mol. The van der Waals surface area contributed by atoms with Crippen molar-refractivity contribution in [1.29, 1.82) is 0 Å². The maximum absolute atomic E-state index is 9.44. The van der Waals surface area contributed by atoms with Crippen LogP contribution >= 0.6 is 0 Å². The van der Waals surface area contributed by atoms with Crippen molar-refractivity contribution >= 4 is 17.8 Å². The molecule has 80 valence electrons. The zero-order valence-electron chi connectivity index (χ0n) is 8.80. The highest BCUT2D eigenvalue weighted by molar-refractivity contribution is 5.71. The number of nitrogen functional groups attached to an aromatic ring is 1. The molecule has 0 unspecified atom stereocenters.